The first-order valence-corrected chi connectivity index (χ1v) is 4.71. The SMILES string of the molecule is COc1cncnc1N1CCNCC1.Cl. The standard InChI is InChI=1S/C9H14N4O.ClH/c1-14-8-6-11-7-12-9(8)13-4-2-10-3-5-13;/h6-7,10H,2-5H2,1H3;1H. The highest BCUT2D eigenvalue weighted by Gasteiger charge is 2.15. The van der Waals surface area contributed by atoms with Crippen molar-refractivity contribution in [3.8, 4) is 5.75 Å². The summed E-state index contributed by atoms with van der Waals surface area (Å²) in [6.07, 6.45) is 3.25. The smallest absolute Gasteiger partial charge is 0.179 e. The zero-order valence-corrected chi connectivity index (χ0v) is 9.46. The lowest BCUT2D eigenvalue weighted by Crippen LogP contribution is -2.44. The Bertz CT molecular complexity index is 304. The Kier molecular flexibility index (Phi) is 4.58. The van der Waals surface area contributed by atoms with Crippen LogP contribution in [0, 0.1) is 0 Å². The molecule has 0 amide bonds. The van der Waals surface area contributed by atoms with Crippen molar-refractivity contribution in [3.63, 3.8) is 0 Å². The van der Waals surface area contributed by atoms with Crippen LogP contribution < -0.4 is 15.0 Å². The summed E-state index contributed by atoms with van der Waals surface area (Å²) in [5.41, 5.74) is 0. The molecule has 84 valence electrons. The molecular weight excluding hydrogens is 216 g/mol. The first-order valence-electron chi connectivity index (χ1n) is 4.71. The summed E-state index contributed by atoms with van der Waals surface area (Å²) in [6.45, 7) is 3.92. The summed E-state index contributed by atoms with van der Waals surface area (Å²) in [5.74, 6) is 1.64. The van der Waals surface area contributed by atoms with E-state index in [9.17, 15) is 0 Å². The van der Waals surface area contributed by atoms with Crippen LogP contribution in [0.3, 0.4) is 0 Å². The van der Waals surface area contributed by atoms with Gasteiger partial charge in [-0.3, -0.25) is 0 Å². The van der Waals surface area contributed by atoms with Gasteiger partial charge in [-0.25, -0.2) is 9.97 Å². The molecule has 0 aliphatic carbocycles. The molecule has 1 aromatic rings. The van der Waals surface area contributed by atoms with Crippen molar-refractivity contribution >= 4 is 18.2 Å². The predicted molar refractivity (Wildman–Crippen MR) is 60.9 cm³/mol. The van der Waals surface area contributed by atoms with Crippen molar-refractivity contribution < 1.29 is 4.74 Å². The molecule has 1 N–H and O–H groups in total. The van der Waals surface area contributed by atoms with Crippen LogP contribution in [0.25, 0.3) is 0 Å². The topological polar surface area (TPSA) is 50.3 Å². The van der Waals surface area contributed by atoms with Crippen LogP contribution in [0.1, 0.15) is 0 Å². The summed E-state index contributed by atoms with van der Waals surface area (Å²) in [5, 5.41) is 3.30. The van der Waals surface area contributed by atoms with E-state index in [1.165, 1.54) is 0 Å². The third-order valence-corrected chi connectivity index (χ3v) is 2.30. The first-order chi connectivity index (χ1) is 6.92. The number of hydrogen-bond donors (Lipinski definition) is 1. The molecule has 0 spiro atoms. The number of anilines is 1. The van der Waals surface area contributed by atoms with Gasteiger partial charge in [0.05, 0.1) is 13.3 Å². The number of nitrogens with zero attached hydrogens (tertiary/aromatic N) is 3. The molecule has 6 heteroatoms. The van der Waals surface area contributed by atoms with Gasteiger partial charge in [-0.15, -0.1) is 12.4 Å². The Hall–Kier alpha value is -1.07. The third-order valence-electron chi connectivity index (χ3n) is 2.30. The maximum absolute atomic E-state index is 5.21. The maximum Gasteiger partial charge on any atom is 0.179 e. The second-order valence-corrected chi connectivity index (χ2v) is 3.15. The zero-order valence-electron chi connectivity index (χ0n) is 8.64. The Balaban J connectivity index is 0.00000112. The summed E-state index contributed by atoms with van der Waals surface area (Å²) in [4.78, 5) is 10.4. The fraction of sp³-hybridized carbons (Fsp3) is 0.556. The number of halogens is 1. The molecule has 2 rings (SSSR count). The highest BCUT2D eigenvalue weighted by atomic mass is 35.5. The second kappa shape index (κ2) is 5.72. The zero-order chi connectivity index (χ0) is 9.80. The monoisotopic (exact) mass is 230 g/mol. The molecule has 0 aromatic carbocycles. The molecule has 0 saturated carbocycles. The largest absolute Gasteiger partial charge is 0.491 e. The van der Waals surface area contributed by atoms with Gasteiger partial charge >= 0.3 is 0 Å². The number of rotatable bonds is 2. The molecular formula is C9H15ClN4O. The van der Waals surface area contributed by atoms with Gasteiger partial charge in [0.25, 0.3) is 0 Å². The van der Waals surface area contributed by atoms with E-state index in [0.717, 1.165) is 37.7 Å². The molecule has 15 heavy (non-hydrogen) atoms. The van der Waals surface area contributed by atoms with Crippen LogP contribution in [-0.4, -0.2) is 43.3 Å². The van der Waals surface area contributed by atoms with Gasteiger partial charge < -0.3 is 15.0 Å². The average Bonchev–Trinajstić information content (AvgIpc) is 2.30. The Labute approximate surface area is 95.3 Å². The Morgan fingerprint density at radius 1 is 1.40 bits per heavy atom. The van der Waals surface area contributed by atoms with E-state index in [-0.39, 0.29) is 12.4 Å². The van der Waals surface area contributed by atoms with Crippen LogP contribution in [0.5, 0.6) is 5.75 Å². The molecule has 0 bridgehead atoms. The number of hydrogen-bond acceptors (Lipinski definition) is 5. The molecule has 1 aliphatic heterocycles. The molecule has 5 nitrogen and oxygen atoms in total. The highest BCUT2D eigenvalue weighted by Crippen LogP contribution is 2.23. The van der Waals surface area contributed by atoms with Crippen LogP contribution in [0.4, 0.5) is 5.82 Å². The van der Waals surface area contributed by atoms with Gasteiger partial charge in [0.1, 0.15) is 6.33 Å². The number of nitrogens with one attached hydrogen (secondary N) is 1. The molecule has 2 heterocycles. The highest BCUT2D eigenvalue weighted by molar-refractivity contribution is 5.85. The van der Waals surface area contributed by atoms with Crippen molar-refractivity contribution in [2.75, 3.05) is 38.2 Å². The van der Waals surface area contributed by atoms with Crippen molar-refractivity contribution in [3.05, 3.63) is 12.5 Å². The predicted octanol–water partition coefficient (Wildman–Crippen LogP) is 0.317. The molecule has 0 atom stereocenters. The maximum atomic E-state index is 5.21. The first kappa shape index (κ1) is 12.0. The summed E-state index contributed by atoms with van der Waals surface area (Å²) in [6, 6.07) is 0. The second-order valence-electron chi connectivity index (χ2n) is 3.15. The van der Waals surface area contributed by atoms with Crippen LogP contribution >= 0.6 is 12.4 Å². The van der Waals surface area contributed by atoms with E-state index in [2.05, 4.69) is 20.2 Å². The number of ether oxygens (including phenoxy) is 1. The van der Waals surface area contributed by atoms with Gasteiger partial charge in [0, 0.05) is 26.2 Å². The van der Waals surface area contributed by atoms with Gasteiger partial charge in [0.2, 0.25) is 0 Å². The molecule has 1 aliphatic rings. The van der Waals surface area contributed by atoms with Crippen molar-refractivity contribution in [2.24, 2.45) is 0 Å². The van der Waals surface area contributed by atoms with Gasteiger partial charge in [-0.1, -0.05) is 0 Å². The van der Waals surface area contributed by atoms with E-state index in [0.29, 0.717) is 0 Å². The fourth-order valence-electron chi connectivity index (χ4n) is 1.57. The Morgan fingerprint density at radius 2 is 2.13 bits per heavy atom. The fourth-order valence-corrected chi connectivity index (χ4v) is 1.57. The number of aromatic nitrogens is 2. The van der Waals surface area contributed by atoms with Crippen molar-refractivity contribution in [1.82, 2.24) is 15.3 Å². The molecule has 1 aromatic heterocycles. The molecule has 1 fully saturated rings. The molecule has 0 unspecified atom stereocenters. The van der Waals surface area contributed by atoms with Crippen LogP contribution in [-0.2, 0) is 0 Å². The van der Waals surface area contributed by atoms with E-state index in [1.54, 1.807) is 19.6 Å². The van der Waals surface area contributed by atoms with Crippen molar-refractivity contribution in [2.45, 2.75) is 0 Å². The minimum Gasteiger partial charge on any atom is -0.491 e. The van der Waals surface area contributed by atoms with E-state index < -0.39 is 0 Å². The molecule has 1 saturated heterocycles. The minimum absolute atomic E-state index is 0. The quantitative estimate of drug-likeness (QED) is 0.793. The molecule has 0 radical (unpaired) electrons. The lowest BCUT2D eigenvalue weighted by Gasteiger charge is -2.28. The summed E-state index contributed by atoms with van der Waals surface area (Å²) in [7, 11) is 1.64. The van der Waals surface area contributed by atoms with Gasteiger partial charge in [-0.2, -0.15) is 0 Å². The van der Waals surface area contributed by atoms with Gasteiger partial charge in [0.15, 0.2) is 11.6 Å². The van der Waals surface area contributed by atoms with Crippen LogP contribution in [0.15, 0.2) is 12.5 Å². The van der Waals surface area contributed by atoms with E-state index in [4.69, 9.17) is 4.74 Å². The normalized spacial score (nSPS) is 15.7. The third kappa shape index (κ3) is 2.70. The van der Waals surface area contributed by atoms with Gasteiger partial charge in [-0.05, 0) is 0 Å². The summed E-state index contributed by atoms with van der Waals surface area (Å²) < 4.78 is 5.21. The van der Waals surface area contributed by atoms with E-state index >= 15 is 0 Å². The van der Waals surface area contributed by atoms with Crippen molar-refractivity contribution in [1.29, 1.82) is 0 Å². The number of piperazine rings is 1. The Morgan fingerprint density at radius 3 is 2.80 bits per heavy atom. The lowest BCUT2D eigenvalue weighted by molar-refractivity contribution is 0.408. The minimum atomic E-state index is 0. The lowest BCUT2D eigenvalue weighted by atomic mass is 10.3. The number of methoxy groups -OCH3 is 1. The summed E-state index contributed by atoms with van der Waals surface area (Å²) >= 11 is 0. The van der Waals surface area contributed by atoms with E-state index in [1.807, 2.05) is 0 Å². The average molecular weight is 231 g/mol. The van der Waals surface area contributed by atoms with Crippen LogP contribution in [0.2, 0.25) is 0 Å².